The van der Waals surface area contributed by atoms with E-state index in [9.17, 15) is 18.0 Å². The van der Waals surface area contributed by atoms with Crippen molar-refractivity contribution in [1.82, 2.24) is 4.90 Å². The molecule has 1 aromatic rings. The van der Waals surface area contributed by atoms with E-state index in [1.165, 1.54) is 16.7 Å². The lowest BCUT2D eigenvalue weighted by Crippen LogP contribution is -2.33. The van der Waals surface area contributed by atoms with Gasteiger partial charge in [0.1, 0.15) is 11.8 Å². The number of alkyl halides is 3. The van der Waals surface area contributed by atoms with Gasteiger partial charge < -0.3 is 4.90 Å². The first kappa shape index (κ1) is 14.5. The fraction of sp³-hybridized carbons (Fsp3) is 0.417. The molecule has 2 rings (SSSR count). The van der Waals surface area contributed by atoms with Crippen molar-refractivity contribution in [3.8, 4) is 0 Å². The van der Waals surface area contributed by atoms with Crippen molar-refractivity contribution >= 4 is 29.3 Å². The van der Waals surface area contributed by atoms with E-state index >= 15 is 0 Å². The Morgan fingerprint density at radius 1 is 1.42 bits per heavy atom. The van der Waals surface area contributed by atoms with E-state index in [1.807, 2.05) is 0 Å². The molecule has 1 aromatic carbocycles. The largest absolute Gasteiger partial charge is 0.397 e. The number of thioether (sulfide) groups is 1. The summed E-state index contributed by atoms with van der Waals surface area (Å²) in [7, 11) is 0. The van der Waals surface area contributed by atoms with Gasteiger partial charge in [-0.1, -0.05) is 29.8 Å². The second-order valence-electron chi connectivity index (χ2n) is 4.12. The number of amides is 1. The van der Waals surface area contributed by atoms with Gasteiger partial charge in [0.15, 0.2) is 0 Å². The molecule has 2 nitrogen and oxygen atoms in total. The summed E-state index contributed by atoms with van der Waals surface area (Å²) < 4.78 is 36.9. The van der Waals surface area contributed by atoms with Crippen LogP contribution in [-0.4, -0.2) is 29.3 Å². The molecule has 1 aliphatic rings. The first-order valence-electron chi connectivity index (χ1n) is 5.61. The Kier molecular flexibility index (Phi) is 4.30. The van der Waals surface area contributed by atoms with Crippen LogP contribution in [0.25, 0.3) is 0 Å². The Morgan fingerprint density at radius 2 is 2.11 bits per heavy atom. The molecule has 19 heavy (non-hydrogen) atoms. The molecule has 0 aromatic heterocycles. The minimum absolute atomic E-state index is 0.315. The van der Waals surface area contributed by atoms with Crippen LogP contribution in [0.5, 0.6) is 0 Å². The highest BCUT2D eigenvalue weighted by molar-refractivity contribution is 7.99. The summed E-state index contributed by atoms with van der Waals surface area (Å²) in [6.07, 6.45) is -5.90. The molecule has 0 aliphatic carbocycles. The van der Waals surface area contributed by atoms with Crippen molar-refractivity contribution in [2.75, 3.05) is 12.3 Å². The zero-order valence-electron chi connectivity index (χ0n) is 9.78. The van der Waals surface area contributed by atoms with E-state index in [1.54, 1.807) is 24.3 Å². The highest BCUT2D eigenvalue weighted by atomic mass is 35.5. The van der Waals surface area contributed by atoms with E-state index in [0.717, 1.165) is 0 Å². The fourth-order valence-electron chi connectivity index (χ4n) is 1.93. The molecule has 1 atom stereocenters. The molecule has 1 heterocycles. The number of carbonyl (C=O) groups excluding carboxylic acids is 1. The quantitative estimate of drug-likeness (QED) is 0.826. The second-order valence-corrected chi connectivity index (χ2v) is 5.72. The summed E-state index contributed by atoms with van der Waals surface area (Å²) in [6.45, 7) is 0.315. The second kappa shape index (κ2) is 5.63. The van der Waals surface area contributed by atoms with Crippen LogP contribution in [0.1, 0.15) is 17.4 Å². The standard InChI is InChI=1S/C12H11ClF3NOS/c13-9-4-2-1-3-8(9)11-17(5-6-19-11)10(18)7-12(14,15)16/h1-4,11H,5-7H2. The number of hydrogen-bond donors (Lipinski definition) is 0. The van der Waals surface area contributed by atoms with Gasteiger partial charge in [0, 0.05) is 22.9 Å². The van der Waals surface area contributed by atoms with Crippen molar-refractivity contribution in [2.24, 2.45) is 0 Å². The number of nitrogens with zero attached hydrogens (tertiary/aromatic N) is 1. The zero-order valence-corrected chi connectivity index (χ0v) is 11.4. The first-order chi connectivity index (χ1) is 8.88. The van der Waals surface area contributed by atoms with Crippen LogP contribution in [0.3, 0.4) is 0 Å². The van der Waals surface area contributed by atoms with Gasteiger partial charge in [-0.2, -0.15) is 13.2 Å². The van der Waals surface area contributed by atoms with Gasteiger partial charge in [-0.3, -0.25) is 4.79 Å². The van der Waals surface area contributed by atoms with Crippen molar-refractivity contribution in [3.05, 3.63) is 34.9 Å². The summed E-state index contributed by atoms with van der Waals surface area (Å²) in [5.74, 6) is -0.290. The zero-order chi connectivity index (χ0) is 14.0. The third kappa shape index (κ3) is 3.57. The predicted molar refractivity (Wildman–Crippen MR) is 69.0 cm³/mol. The van der Waals surface area contributed by atoms with Gasteiger partial charge in [-0.05, 0) is 6.07 Å². The van der Waals surface area contributed by atoms with Crippen molar-refractivity contribution in [1.29, 1.82) is 0 Å². The molecular weight excluding hydrogens is 299 g/mol. The van der Waals surface area contributed by atoms with Crippen molar-refractivity contribution in [3.63, 3.8) is 0 Å². The Hall–Kier alpha value is -0.880. The van der Waals surface area contributed by atoms with Crippen LogP contribution >= 0.6 is 23.4 Å². The lowest BCUT2D eigenvalue weighted by atomic mass is 10.2. The van der Waals surface area contributed by atoms with Gasteiger partial charge in [0.05, 0.1) is 0 Å². The molecule has 0 spiro atoms. The topological polar surface area (TPSA) is 20.3 Å². The maximum atomic E-state index is 12.3. The van der Waals surface area contributed by atoms with Gasteiger partial charge in [-0.15, -0.1) is 11.8 Å². The Bertz CT molecular complexity index is 480. The van der Waals surface area contributed by atoms with Crippen LogP contribution in [0.15, 0.2) is 24.3 Å². The molecule has 0 bridgehead atoms. The summed E-state index contributed by atoms with van der Waals surface area (Å²) in [6, 6.07) is 6.90. The molecule has 1 fully saturated rings. The maximum absolute atomic E-state index is 12.3. The molecular formula is C12H11ClF3NOS. The van der Waals surface area contributed by atoms with E-state index in [4.69, 9.17) is 11.6 Å². The summed E-state index contributed by atoms with van der Waals surface area (Å²) in [4.78, 5) is 13.0. The summed E-state index contributed by atoms with van der Waals surface area (Å²) >= 11 is 7.46. The van der Waals surface area contributed by atoms with Crippen LogP contribution in [-0.2, 0) is 4.79 Å². The molecule has 7 heteroatoms. The van der Waals surface area contributed by atoms with Crippen LogP contribution in [0.2, 0.25) is 5.02 Å². The van der Waals surface area contributed by atoms with E-state index < -0.39 is 23.9 Å². The van der Waals surface area contributed by atoms with Gasteiger partial charge in [-0.25, -0.2) is 0 Å². The van der Waals surface area contributed by atoms with E-state index in [2.05, 4.69) is 0 Å². The van der Waals surface area contributed by atoms with Crippen molar-refractivity contribution in [2.45, 2.75) is 18.0 Å². The summed E-state index contributed by atoms with van der Waals surface area (Å²) in [5, 5.41) is 0.0373. The van der Waals surface area contributed by atoms with Gasteiger partial charge in [0.2, 0.25) is 5.91 Å². The minimum atomic E-state index is -4.48. The highest BCUT2D eigenvalue weighted by Crippen LogP contribution is 2.41. The first-order valence-corrected chi connectivity index (χ1v) is 7.03. The molecule has 1 aliphatic heterocycles. The predicted octanol–water partition coefficient (Wildman–Crippen LogP) is 3.87. The molecule has 0 saturated carbocycles. The molecule has 104 valence electrons. The maximum Gasteiger partial charge on any atom is 0.397 e. The van der Waals surface area contributed by atoms with Crippen LogP contribution in [0.4, 0.5) is 13.2 Å². The Balaban J connectivity index is 2.18. The monoisotopic (exact) mass is 309 g/mol. The highest BCUT2D eigenvalue weighted by Gasteiger charge is 2.38. The third-order valence-electron chi connectivity index (χ3n) is 2.73. The lowest BCUT2D eigenvalue weighted by molar-refractivity contribution is -0.161. The number of carbonyl (C=O) groups is 1. The summed E-state index contributed by atoms with van der Waals surface area (Å²) in [5.41, 5.74) is 0.683. The molecule has 1 unspecified atom stereocenters. The Morgan fingerprint density at radius 3 is 2.74 bits per heavy atom. The Labute approximate surface area is 117 Å². The fourth-order valence-corrected chi connectivity index (χ4v) is 3.55. The number of halogens is 4. The third-order valence-corrected chi connectivity index (χ3v) is 4.32. The molecule has 0 radical (unpaired) electrons. The average Bonchev–Trinajstić information content (AvgIpc) is 2.76. The lowest BCUT2D eigenvalue weighted by Gasteiger charge is -2.25. The molecule has 0 N–H and O–H groups in total. The number of benzene rings is 1. The van der Waals surface area contributed by atoms with Gasteiger partial charge in [0.25, 0.3) is 0 Å². The smallest absolute Gasteiger partial charge is 0.325 e. The normalized spacial score (nSPS) is 19.8. The average molecular weight is 310 g/mol. The van der Waals surface area contributed by atoms with Gasteiger partial charge >= 0.3 is 6.18 Å². The number of hydrogen-bond acceptors (Lipinski definition) is 2. The van der Waals surface area contributed by atoms with E-state index in [0.29, 0.717) is 22.9 Å². The molecule has 1 amide bonds. The minimum Gasteiger partial charge on any atom is -0.325 e. The van der Waals surface area contributed by atoms with Crippen LogP contribution < -0.4 is 0 Å². The SMILES string of the molecule is O=C(CC(F)(F)F)N1CCSC1c1ccccc1Cl. The van der Waals surface area contributed by atoms with Crippen LogP contribution in [0, 0.1) is 0 Å². The van der Waals surface area contributed by atoms with Crippen molar-refractivity contribution < 1.29 is 18.0 Å². The van der Waals surface area contributed by atoms with E-state index in [-0.39, 0.29) is 0 Å². The molecule has 1 saturated heterocycles. The number of rotatable bonds is 2.